The van der Waals surface area contributed by atoms with E-state index in [0.29, 0.717) is 7.18 Å². The fraction of sp³-hybridized carbons (Fsp3) is 1.00. The summed E-state index contributed by atoms with van der Waals surface area (Å²) in [5, 5.41) is 0. The second kappa shape index (κ2) is 93.9. The Morgan fingerprint density at radius 1 is 0.846 bits per heavy atom. The maximum absolute atomic E-state index is 11.0. The molecular formula is C11H30F2. The molecule has 0 fully saturated rings. The third-order valence-electron chi connectivity index (χ3n) is 0. The minimum Gasteiger partial charge on any atom is -0.255 e. The van der Waals surface area contributed by atoms with Crippen LogP contribution < -0.4 is 0 Å². The Morgan fingerprint density at radius 3 is 0.846 bits per heavy atom. The summed E-state index contributed by atoms with van der Waals surface area (Å²) in [6, 6.07) is 0. The zero-order valence-electron chi connectivity index (χ0n) is 11.0. The molecule has 0 aromatic heterocycles. The second-order valence-corrected chi connectivity index (χ2v) is 1.72. The van der Waals surface area contributed by atoms with Gasteiger partial charge in [0.1, 0.15) is 0 Å². The van der Waals surface area contributed by atoms with Crippen LogP contribution in [0.15, 0.2) is 0 Å². The maximum atomic E-state index is 11.0. The van der Waals surface area contributed by atoms with Crippen molar-refractivity contribution in [1.29, 1.82) is 0 Å². The fourth-order valence-electron chi connectivity index (χ4n) is 0. The molecular weight excluding hydrogens is 170 g/mol. The van der Waals surface area contributed by atoms with E-state index in [4.69, 9.17) is 0 Å². The number of rotatable bonds is 0. The van der Waals surface area contributed by atoms with Crippen LogP contribution in [0.1, 0.15) is 61.8 Å². The molecule has 0 heterocycles. The van der Waals surface area contributed by atoms with Crippen molar-refractivity contribution in [1.82, 2.24) is 0 Å². The average Bonchev–Trinajstić information content (AvgIpc) is 2.14. The molecule has 0 unspecified atom stereocenters. The summed E-state index contributed by atoms with van der Waals surface area (Å²) in [7, 11) is 0.500. The lowest BCUT2D eigenvalue weighted by Crippen LogP contribution is -1.73. The van der Waals surface area contributed by atoms with Crippen molar-refractivity contribution in [2.24, 2.45) is 0 Å². The molecule has 0 atom stereocenters. The van der Waals surface area contributed by atoms with Crippen molar-refractivity contribution in [2.45, 2.75) is 68.0 Å². The molecule has 0 bridgehead atoms. The van der Waals surface area contributed by atoms with E-state index in [1.54, 1.807) is 0 Å². The summed E-state index contributed by atoms with van der Waals surface area (Å²) in [5.41, 5.74) is 0. The predicted octanol–water partition coefficient (Wildman–Crippen LogP) is 5.42. The highest BCUT2D eigenvalue weighted by atomic mass is 19.1. The fourth-order valence-corrected chi connectivity index (χ4v) is 0. The van der Waals surface area contributed by atoms with Crippen LogP contribution in [-0.4, -0.2) is 13.3 Å². The molecule has 0 aromatic rings. The first-order valence-electron chi connectivity index (χ1n) is 5.17. The Morgan fingerprint density at radius 2 is 0.846 bits per heavy atom. The van der Waals surface area contributed by atoms with Gasteiger partial charge < -0.3 is 0 Å². The van der Waals surface area contributed by atoms with Crippen molar-refractivity contribution in [3.05, 3.63) is 0 Å². The zero-order valence-corrected chi connectivity index (χ0v) is 11.0. The molecule has 0 aliphatic carbocycles. The van der Waals surface area contributed by atoms with Crippen LogP contribution in [0.3, 0.4) is 0 Å². The molecule has 0 saturated carbocycles. The van der Waals surface area contributed by atoms with Gasteiger partial charge in [0.15, 0.2) is 0 Å². The van der Waals surface area contributed by atoms with E-state index in [1.165, 1.54) is 20.3 Å². The zero-order chi connectivity index (χ0) is 12.3. The minimum absolute atomic E-state index is 0.500. The maximum Gasteiger partial charge on any atom is 0.0945 e. The standard InChI is InChI=1S/C3H7F.C3H8.2C2H6.CH3F/c1-3(2)4;1-3-2;3*1-2/h3H,1-2H3;3H2,1-2H3;2*1-2H3;1H3. The van der Waals surface area contributed by atoms with E-state index >= 15 is 0 Å². The number of hydrogen-bond acceptors (Lipinski definition) is 0. The van der Waals surface area contributed by atoms with Gasteiger partial charge in [0.2, 0.25) is 0 Å². The highest BCUT2D eigenvalue weighted by molar-refractivity contribution is 4.22. The minimum atomic E-state index is -0.667. The Hall–Kier alpha value is -0.140. The summed E-state index contributed by atoms with van der Waals surface area (Å²) < 4.78 is 20.5. The molecule has 0 nitrogen and oxygen atoms in total. The molecule has 0 aliphatic rings. The summed E-state index contributed by atoms with van der Waals surface area (Å²) in [5.74, 6) is 0. The molecule has 13 heavy (non-hydrogen) atoms. The lowest BCUT2D eigenvalue weighted by molar-refractivity contribution is 0.391. The lowest BCUT2D eigenvalue weighted by Gasteiger charge is -1.74. The molecule has 2 heteroatoms. The Balaban J connectivity index is -0.0000000215. The third-order valence-corrected chi connectivity index (χ3v) is 0. The van der Waals surface area contributed by atoms with Gasteiger partial charge in [-0.25, -0.2) is 4.39 Å². The van der Waals surface area contributed by atoms with Gasteiger partial charge in [0, 0.05) is 0 Å². The van der Waals surface area contributed by atoms with Gasteiger partial charge >= 0.3 is 0 Å². The molecule has 0 aliphatic heterocycles. The van der Waals surface area contributed by atoms with Gasteiger partial charge in [-0.2, -0.15) is 0 Å². The molecule has 0 radical (unpaired) electrons. The van der Waals surface area contributed by atoms with Crippen LogP contribution in [0.2, 0.25) is 0 Å². The Labute approximate surface area is 84.7 Å². The first-order valence-corrected chi connectivity index (χ1v) is 5.17. The van der Waals surface area contributed by atoms with E-state index in [1.807, 2.05) is 27.7 Å². The Bertz CT molecular complexity index is 19.3. The lowest BCUT2D eigenvalue weighted by atomic mass is 10.5. The molecule has 0 spiro atoms. The first kappa shape index (κ1) is 29.3. The SMILES string of the molecule is CC.CC.CC(C)F.CCC.CF. The van der Waals surface area contributed by atoms with Crippen molar-refractivity contribution in [2.75, 3.05) is 7.18 Å². The van der Waals surface area contributed by atoms with Gasteiger partial charge in [0.25, 0.3) is 0 Å². The Kier molecular flexibility index (Phi) is 211. The van der Waals surface area contributed by atoms with Crippen LogP contribution in [0.25, 0.3) is 0 Å². The number of halogens is 2. The van der Waals surface area contributed by atoms with Crippen molar-refractivity contribution >= 4 is 0 Å². The highest BCUT2D eigenvalue weighted by Crippen LogP contribution is 1.77. The van der Waals surface area contributed by atoms with E-state index in [2.05, 4.69) is 13.8 Å². The smallest absolute Gasteiger partial charge is 0.0945 e. The second-order valence-electron chi connectivity index (χ2n) is 1.72. The first-order chi connectivity index (χ1) is 6.15. The van der Waals surface area contributed by atoms with Crippen LogP contribution >= 0.6 is 0 Å². The van der Waals surface area contributed by atoms with E-state index in [0.717, 1.165) is 0 Å². The van der Waals surface area contributed by atoms with Crippen molar-refractivity contribution < 1.29 is 8.78 Å². The number of hydrogen-bond donors (Lipinski definition) is 0. The summed E-state index contributed by atoms with van der Waals surface area (Å²) in [4.78, 5) is 0. The van der Waals surface area contributed by atoms with E-state index in [9.17, 15) is 8.78 Å². The van der Waals surface area contributed by atoms with E-state index < -0.39 is 6.17 Å². The van der Waals surface area contributed by atoms with Crippen LogP contribution in [0.4, 0.5) is 8.78 Å². The van der Waals surface area contributed by atoms with Gasteiger partial charge in [0.05, 0.1) is 13.3 Å². The van der Waals surface area contributed by atoms with E-state index in [-0.39, 0.29) is 0 Å². The topological polar surface area (TPSA) is 0 Å². The van der Waals surface area contributed by atoms with Gasteiger partial charge in [-0.1, -0.05) is 48.0 Å². The van der Waals surface area contributed by atoms with Gasteiger partial charge in [-0.05, 0) is 13.8 Å². The molecule has 0 rings (SSSR count). The summed E-state index contributed by atoms with van der Waals surface area (Å²) in [6.45, 7) is 15.2. The van der Waals surface area contributed by atoms with Crippen molar-refractivity contribution in [3.63, 3.8) is 0 Å². The van der Waals surface area contributed by atoms with Crippen molar-refractivity contribution in [3.8, 4) is 0 Å². The monoisotopic (exact) mass is 200 g/mol. The van der Waals surface area contributed by atoms with Crippen LogP contribution in [0, 0.1) is 0 Å². The molecule has 0 N–H and O–H groups in total. The molecule has 0 aromatic carbocycles. The van der Waals surface area contributed by atoms with Gasteiger partial charge in [-0.15, -0.1) is 0 Å². The summed E-state index contributed by atoms with van der Waals surface area (Å²) >= 11 is 0. The number of alkyl halides is 2. The largest absolute Gasteiger partial charge is 0.255 e. The van der Waals surface area contributed by atoms with Crippen LogP contribution in [-0.2, 0) is 0 Å². The normalized spacial score (nSPS) is 5.54. The summed E-state index contributed by atoms with van der Waals surface area (Å²) in [6.07, 6.45) is 0.583. The predicted molar refractivity (Wildman–Crippen MR) is 61.9 cm³/mol. The average molecular weight is 200 g/mol. The molecule has 0 saturated heterocycles. The quantitative estimate of drug-likeness (QED) is 0.490. The molecule has 88 valence electrons. The highest BCUT2D eigenvalue weighted by Gasteiger charge is 1.73. The third kappa shape index (κ3) is 58800. The van der Waals surface area contributed by atoms with Gasteiger partial charge in [-0.3, -0.25) is 4.39 Å². The van der Waals surface area contributed by atoms with Crippen LogP contribution in [0.5, 0.6) is 0 Å². The molecule has 0 amide bonds.